The number of rotatable bonds is 3. The van der Waals surface area contributed by atoms with Crippen LogP contribution in [0.1, 0.15) is 6.92 Å². The highest BCUT2D eigenvalue weighted by atomic mass is 79.9. The van der Waals surface area contributed by atoms with E-state index in [1.54, 1.807) is 19.1 Å². The van der Waals surface area contributed by atoms with E-state index in [0.717, 1.165) is 0 Å². The van der Waals surface area contributed by atoms with Crippen LogP contribution in [0.2, 0.25) is 10.0 Å². The van der Waals surface area contributed by atoms with Gasteiger partial charge in [0.25, 0.3) is 0 Å². The Morgan fingerprint density at radius 3 is 2.59 bits per heavy atom. The minimum atomic E-state index is -0.566. The van der Waals surface area contributed by atoms with Gasteiger partial charge in [-0.25, -0.2) is 0 Å². The number of hydrogen-bond donors (Lipinski definition) is 2. The highest BCUT2D eigenvalue weighted by Gasteiger charge is 2.17. The monoisotopic (exact) mass is 354 g/mol. The Bertz CT molecular complexity index is 482. The number of nitrogens with one attached hydrogen (secondary N) is 1. The Labute approximate surface area is 123 Å². The fourth-order valence-electron chi connectivity index (χ4n) is 0.993. The molecule has 3 nitrogen and oxygen atoms in total. The van der Waals surface area contributed by atoms with Crippen LogP contribution in [-0.4, -0.2) is 10.9 Å². The zero-order valence-corrected chi connectivity index (χ0v) is 12.7. The molecule has 17 heavy (non-hydrogen) atoms. The van der Waals surface area contributed by atoms with Gasteiger partial charge in [-0.1, -0.05) is 35.4 Å². The summed E-state index contributed by atoms with van der Waals surface area (Å²) < 4.78 is 0.657. The lowest BCUT2D eigenvalue weighted by molar-refractivity contribution is -0.117. The van der Waals surface area contributed by atoms with Crippen LogP contribution in [0.5, 0.6) is 0 Å². The van der Waals surface area contributed by atoms with Gasteiger partial charge in [-0.05, 0) is 35.0 Å². The van der Waals surface area contributed by atoms with Gasteiger partial charge in [0, 0.05) is 4.47 Å². The number of nitrogens with two attached hydrogens (primary N) is 1. The van der Waals surface area contributed by atoms with Crippen LogP contribution in [0.15, 0.2) is 16.6 Å². The number of hydrogen-bond acceptors (Lipinski definition) is 2. The molecule has 0 saturated carbocycles. The highest BCUT2D eigenvalue weighted by molar-refractivity contribution is 9.10. The highest BCUT2D eigenvalue weighted by Crippen LogP contribution is 2.35. The first kappa shape index (κ1) is 14.7. The van der Waals surface area contributed by atoms with E-state index >= 15 is 0 Å². The lowest BCUT2D eigenvalue weighted by Crippen LogP contribution is -2.30. The first-order valence-electron chi connectivity index (χ1n) is 4.58. The van der Waals surface area contributed by atoms with E-state index in [-0.39, 0.29) is 15.9 Å². The quantitative estimate of drug-likeness (QED) is 0.643. The summed E-state index contributed by atoms with van der Waals surface area (Å²) in [6.45, 7) is 1.62. The Balaban J connectivity index is 2.94. The van der Waals surface area contributed by atoms with Gasteiger partial charge in [0.15, 0.2) is 0 Å². The SMILES string of the molecule is CC(C(=O)Nc1ccc(Br)c(Cl)c1Cl)C(N)=S. The molecule has 0 aliphatic carbocycles. The molecule has 0 aliphatic heterocycles. The van der Waals surface area contributed by atoms with Gasteiger partial charge in [-0.15, -0.1) is 0 Å². The molecule has 7 heteroatoms. The summed E-state index contributed by atoms with van der Waals surface area (Å²) in [6, 6.07) is 3.33. The third-order valence-corrected chi connectivity index (χ3v) is 4.24. The van der Waals surface area contributed by atoms with Crippen LogP contribution < -0.4 is 11.1 Å². The third-order valence-electron chi connectivity index (χ3n) is 2.11. The second kappa shape index (κ2) is 6.00. The van der Waals surface area contributed by atoms with Crippen LogP contribution in [0.3, 0.4) is 0 Å². The summed E-state index contributed by atoms with van der Waals surface area (Å²) >= 11 is 19.9. The Morgan fingerprint density at radius 2 is 2.06 bits per heavy atom. The summed E-state index contributed by atoms with van der Waals surface area (Å²) in [6.07, 6.45) is 0. The van der Waals surface area contributed by atoms with E-state index in [0.29, 0.717) is 15.2 Å². The maximum atomic E-state index is 11.7. The normalized spacial score (nSPS) is 12.0. The van der Waals surface area contributed by atoms with Crippen LogP contribution >= 0.6 is 51.3 Å². The first-order valence-corrected chi connectivity index (χ1v) is 6.54. The molecule has 3 N–H and O–H groups in total. The number of benzene rings is 1. The molecule has 0 spiro atoms. The smallest absolute Gasteiger partial charge is 0.234 e. The molecular weight excluding hydrogens is 347 g/mol. The summed E-state index contributed by atoms with van der Waals surface area (Å²) in [7, 11) is 0. The predicted molar refractivity (Wildman–Crippen MR) is 78.7 cm³/mol. The van der Waals surface area contributed by atoms with Crippen molar-refractivity contribution in [2.24, 2.45) is 11.7 Å². The third kappa shape index (κ3) is 3.55. The van der Waals surface area contributed by atoms with Crippen molar-refractivity contribution >= 4 is 67.9 Å². The molecule has 92 valence electrons. The molecule has 1 rings (SSSR count). The average Bonchev–Trinajstić information content (AvgIpc) is 2.28. The van der Waals surface area contributed by atoms with Crippen LogP contribution in [0.25, 0.3) is 0 Å². The summed E-state index contributed by atoms with van der Waals surface area (Å²) in [5.74, 6) is -0.888. The molecule has 1 atom stereocenters. The molecule has 1 aromatic rings. The van der Waals surface area contributed by atoms with Gasteiger partial charge in [-0.3, -0.25) is 4.79 Å². The summed E-state index contributed by atoms with van der Waals surface area (Å²) in [5, 5.41) is 3.22. The molecule has 1 aromatic carbocycles. The Kier molecular flexibility index (Phi) is 5.19. The lowest BCUT2D eigenvalue weighted by atomic mass is 10.1. The van der Waals surface area contributed by atoms with Gasteiger partial charge in [0.05, 0.1) is 26.6 Å². The van der Waals surface area contributed by atoms with Gasteiger partial charge in [0.1, 0.15) is 0 Å². The molecule has 0 fully saturated rings. The van der Waals surface area contributed by atoms with Crippen molar-refractivity contribution in [2.75, 3.05) is 5.32 Å². The van der Waals surface area contributed by atoms with E-state index in [1.165, 1.54) is 0 Å². The van der Waals surface area contributed by atoms with E-state index in [2.05, 4.69) is 21.2 Å². The Hall–Kier alpha value is -0.360. The number of thiocarbonyl (C=S) groups is 1. The molecule has 1 amide bonds. The zero-order valence-electron chi connectivity index (χ0n) is 8.76. The van der Waals surface area contributed by atoms with Crippen molar-refractivity contribution in [3.63, 3.8) is 0 Å². The molecule has 0 aliphatic rings. The maximum absolute atomic E-state index is 11.7. The average molecular weight is 356 g/mol. The molecule has 0 heterocycles. The maximum Gasteiger partial charge on any atom is 0.234 e. The van der Waals surface area contributed by atoms with Crippen molar-refractivity contribution in [2.45, 2.75) is 6.92 Å². The van der Waals surface area contributed by atoms with Crippen LogP contribution in [0, 0.1) is 5.92 Å². The molecule has 0 aromatic heterocycles. The van der Waals surface area contributed by atoms with Crippen LogP contribution in [0.4, 0.5) is 5.69 Å². The second-order valence-electron chi connectivity index (χ2n) is 3.34. The van der Waals surface area contributed by atoms with Gasteiger partial charge in [0.2, 0.25) is 5.91 Å². The first-order chi connectivity index (χ1) is 7.84. The van der Waals surface area contributed by atoms with Gasteiger partial charge < -0.3 is 11.1 Å². The minimum Gasteiger partial charge on any atom is -0.393 e. The zero-order chi connectivity index (χ0) is 13.2. The Morgan fingerprint density at radius 1 is 1.47 bits per heavy atom. The topological polar surface area (TPSA) is 55.1 Å². The number of anilines is 1. The lowest BCUT2D eigenvalue weighted by Gasteiger charge is -2.12. The molecule has 0 radical (unpaired) electrons. The minimum absolute atomic E-state index is 0.127. The van der Waals surface area contributed by atoms with Crippen molar-refractivity contribution in [1.29, 1.82) is 0 Å². The molecule has 0 saturated heterocycles. The molecule has 0 bridgehead atoms. The van der Waals surface area contributed by atoms with Gasteiger partial charge in [-0.2, -0.15) is 0 Å². The van der Waals surface area contributed by atoms with E-state index in [1.807, 2.05) is 0 Å². The summed E-state index contributed by atoms with van der Waals surface area (Å²) in [4.78, 5) is 11.8. The van der Waals surface area contributed by atoms with E-state index in [4.69, 9.17) is 41.2 Å². The fraction of sp³-hybridized carbons (Fsp3) is 0.200. The van der Waals surface area contributed by atoms with Crippen molar-refractivity contribution in [3.8, 4) is 0 Å². The second-order valence-corrected chi connectivity index (χ2v) is 5.42. The van der Waals surface area contributed by atoms with Gasteiger partial charge >= 0.3 is 0 Å². The standard InChI is InChI=1S/C10H9BrCl2N2OS/c1-4(9(14)17)10(16)15-6-3-2-5(11)7(12)8(6)13/h2-4H,1H3,(H2,14,17)(H,15,16). The van der Waals surface area contributed by atoms with E-state index in [9.17, 15) is 4.79 Å². The van der Waals surface area contributed by atoms with Crippen molar-refractivity contribution in [3.05, 3.63) is 26.7 Å². The van der Waals surface area contributed by atoms with Crippen molar-refractivity contribution < 1.29 is 4.79 Å². The van der Waals surface area contributed by atoms with Crippen LogP contribution in [-0.2, 0) is 4.79 Å². The molecule has 1 unspecified atom stereocenters. The van der Waals surface area contributed by atoms with Crippen molar-refractivity contribution in [1.82, 2.24) is 0 Å². The fourth-order valence-corrected chi connectivity index (χ4v) is 1.92. The number of halogens is 3. The predicted octanol–water partition coefficient (Wildman–Crippen LogP) is 3.62. The number of amides is 1. The summed E-state index contributed by atoms with van der Waals surface area (Å²) in [5.41, 5.74) is 5.81. The van der Waals surface area contributed by atoms with E-state index < -0.39 is 5.92 Å². The molecular formula is C10H9BrCl2N2OS. The largest absolute Gasteiger partial charge is 0.393 e. The number of carbonyl (C=O) groups is 1. The number of carbonyl (C=O) groups excluding carboxylic acids is 1.